The topological polar surface area (TPSA) is 132 Å². The molecule has 0 aliphatic carbocycles. The van der Waals surface area contributed by atoms with E-state index in [0.717, 1.165) is 11.3 Å². The zero-order valence-electron chi connectivity index (χ0n) is 12.7. The van der Waals surface area contributed by atoms with E-state index in [1.807, 2.05) is 31.2 Å². The Morgan fingerprint density at radius 2 is 1.78 bits per heavy atom. The Bertz CT molecular complexity index is 778. The molecule has 1 amide bonds. The molecule has 118 valence electrons. The Morgan fingerprint density at radius 3 is 2.48 bits per heavy atom. The van der Waals surface area contributed by atoms with Crippen LogP contribution in [0.5, 0.6) is 0 Å². The van der Waals surface area contributed by atoms with E-state index < -0.39 is 0 Å². The molecule has 0 aliphatic heterocycles. The molecule has 2 aromatic carbocycles. The van der Waals surface area contributed by atoms with Gasteiger partial charge < -0.3 is 22.5 Å². The highest BCUT2D eigenvalue weighted by atomic mass is 16.1. The molecule has 7 N–H and O–H groups in total. The van der Waals surface area contributed by atoms with Gasteiger partial charge >= 0.3 is 0 Å². The van der Waals surface area contributed by atoms with Crippen LogP contribution < -0.4 is 22.5 Å². The Labute approximate surface area is 133 Å². The largest absolute Gasteiger partial charge is 0.370 e. The van der Waals surface area contributed by atoms with Crippen molar-refractivity contribution in [1.29, 1.82) is 0 Å². The maximum atomic E-state index is 12.3. The van der Waals surface area contributed by atoms with Gasteiger partial charge in [-0.25, -0.2) is 4.99 Å². The van der Waals surface area contributed by atoms with E-state index in [-0.39, 0.29) is 17.8 Å². The van der Waals surface area contributed by atoms with E-state index in [2.05, 4.69) is 15.3 Å². The lowest BCUT2D eigenvalue weighted by Crippen LogP contribution is -2.26. The monoisotopic (exact) mass is 310 g/mol. The fraction of sp³-hybridized carbons (Fsp3) is 0.0625. The number of carbonyl (C=O) groups is 1. The molecule has 0 aromatic heterocycles. The van der Waals surface area contributed by atoms with Gasteiger partial charge in [0.15, 0.2) is 5.96 Å². The predicted molar refractivity (Wildman–Crippen MR) is 92.7 cm³/mol. The molecule has 0 fully saturated rings. The summed E-state index contributed by atoms with van der Waals surface area (Å²) in [5, 5.41) is 2.83. The summed E-state index contributed by atoms with van der Waals surface area (Å²) >= 11 is 0. The Hall–Kier alpha value is -3.35. The standard InChI is InChI=1S/C16H18N6O/c1-10-4-2-6-12(8-10)20-14(23)11-5-3-7-13(9-11)21-16(19)22-15(17)18/h2-9H,1H3,(H,20,23)(H6,17,18,19,21,22). The number of nitrogens with two attached hydrogens (primary N) is 3. The molecule has 0 saturated heterocycles. The van der Waals surface area contributed by atoms with Gasteiger partial charge in [-0.2, -0.15) is 4.99 Å². The molecular formula is C16H18N6O. The Morgan fingerprint density at radius 1 is 1.04 bits per heavy atom. The zero-order valence-corrected chi connectivity index (χ0v) is 12.7. The second kappa shape index (κ2) is 7.08. The van der Waals surface area contributed by atoms with Gasteiger partial charge in [-0.3, -0.25) is 4.79 Å². The molecule has 0 bridgehead atoms. The number of amides is 1. The third-order valence-corrected chi connectivity index (χ3v) is 2.87. The fourth-order valence-corrected chi connectivity index (χ4v) is 1.93. The van der Waals surface area contributed by atoms with Crippen molar-refractivity contribution in [3.05, 3.63) is 59.7 Å². The van der Waals surface area contributed by atoms with Crippen LogP contribution in [0.1, 0.15) is 15.9 Å². The summed E-state index contributed by atoms with van der Waals surface area (Å²) in [6.07, 6.45) is 0. The number of aryl methyl sites for hydroxylation is 1. The number of hydrogen-bond acceptors (Lipinski definition) is 2. The van der Waals surface area contributed by atoms with Crippen molar-refractivity contribution < 1.29 is 4.79 Å². The Kier molecular flexibility index (Phi) is 4.93. The van der Waals surface area contributed by atoms with E-state index in [9.17, 15) is 4.79 Å². The molecule has 0 aliphatic rings. The van der Waals surface area contributed by atoms with Crippen molar-refractivity contribution in [2.24, 2.45) is 27.2 Å². The summed E-state index contributed by atoms with van der Waals surface area (Å²) < 4.78 is 0. The van der Waals surface area contributed by atoms with Crippen LogP contribution in [0.2, 0.25) is 0 Å². The first-order valence-electron chi connectivity index (χ1n) is 6.86. The highest BCUT2D eigenvalue weighted by Crippen LogP contribution is 2.16. The third kappa shape index (κ3) is 4.85. The predicted octanol–water partition coefficient (Wildman–Crippen LogP) is 1.47. The molecule has 0 unspecified atom stereocenters. The summed E-state index contributed by atoms with van der Waals surface area (Å²) in [6, 6.07) is 14.2. The number of anilines is 1. The molecule has 0 heterocycles. The maximum absolute atomic E-state index is 12.3. The number of nitrogens with zero attached hydrogens (tertiary/aromatic N) is 2. The lowest BCUT2D eigenvalue weighted by atomic mass is 10.1. The number of nitrogens with one attached hydrogen (secondary N) is 1. The molecule has 0 saturated carbocycles. The van der Waals surface area contributed by atoms with Gasteiger partial charge in [0.25, 0.3) is 5.91 Å². The molecule has 2 aromatic rings. The number of aliphatic imine (C=N–C) groups is 2. The van der Waals surface area contributed by atoms with Crippen LogP contribution in [0.3, 0.4) is 0 Å². The van der Waals surface area contributed by atoms with Crippen molar-refractivity contribution in [2.45, 2.75) is 6.92 Å². The van der Waals surface area contributed by atoms with Gasteiger partial charge in [0.05, 0.1) is 5.69 Å². The van der Waals surface area contributed by atoms with Gasteiger partial charge in [0.1, 0.15) is 0 Å². The number of hydrogen-bond donors (Lipinski definition) is 4. The van der Waals surface area contributed by atoms with Crippen molar-refractivity contribution in [3.8, 4) is 0 Å². The second-order valence-electron chi connectivity index (χ2n) is 4.88. The van der Waals surface area contributed by atoms with Crippen LogP contribution >= 0.6 is 0 Å². The lowest BCUT2D eigenvalue weighted by molar-refractivity contribution is 0.102. The summed E-state index contributed by atoms with van der Waals surface area (Å²) in [6.45, 7) is 1.96. The Balaban J connectivity index is 2.19. The first-order chi connectivity index (χ1) is 10.9. The van der Waals surface area contributed by atoms with Crippen molar-refractivity contribution >= 4 is 29.2 Å². The van der Waals surface area contributed by atoms with Gasteiger partial charge in [-0.15, -0.1) is 0 Å². The van der Waals surface area contributed by atoms with Gasteiger partial charge in [-0.1, -0.05) is 18.2 Å². The average molecular weight is 310 g/mol. The highest BCUT2D eigenvalue weighted by molar-refractivity contribution is 6.05. The van der Waals surface area contributed by atoms with Crippen LogP contribution in [-0.4, -0.2) is 17.8 Å². The van der Waals surface area contributed by atoms with E-state index >= 15 is 0 Å². The molecule has 23 heavy (non-hydrogen) atoms. The lowest BCUT2D eigenvalue weighted by Gasteiger charge is -2.06. The fourth-order valence-electron chi connectivity index (χ4n) is 1.93. The van der Waals surface area contributed by atoms with E-state index in [1.165, 1.54) is 0 Å². The first kappa shape index (κ1) is 16.0. The SMILES string of the molecule is Cc1cccc(NC(=O)c2cccc(N=C(N)N=C(N)N)c2)c1. The molecule has 0 atom stereocenters. The van der Waals surface area contributed by atoms with Crippen LogP contribution in [-0.2, 0) is 0 Å². The molecule has 0 radical (unpaired) electrons. The van der Waals surface area contributed by atoms with Gasteiger partial charge in [0, 0.05) is 11.3 Å². The van der Waals surface area contributed by atoms with Crippen LogP contribution in [0.4, 0.5) is 11.4 Å². The van der Waals surface area contributed by atoms with Crippen LogP contribution in [0.15, 0.2) is 58.5 Å². The van der Waals surface area contributed by atoms with Crippen LogP contribution in [0, 0.1) is 6.92 Å². The van der Waals surface area contributed by atoms with Crippen molar-refractivity contribution in [3.63, 3.8) is 0 Å². The van der Waals surface area contributed by atoms with Crippen LogP contribution in [0.25, 0.3) is 0 Å². The first-order valence-corrected chi connectivity index (χ1v) is 6.86. The quantitative estimate of drug-likeness (QED) is 0.504. The van der Waals surface area contributed by atoms with E-state index in [4.69, 9.17) is 17.2 Å². The second-order valence-corrected chi connectivity index (χ2v) is 4.88. The van der Waals surface area contributed by atoms with E-state index in [0.29, 0.717) is 11.3 Å². The minimum Gasteiger partial charge on any atom is -0.370 e. The maximum Gasteiger partial charge on any atom is 0.255 e. The number of carbonyl (C=O) groups excluding carboxylic acids is 1. The summed E-state index contributed by atoms with van der Waals surface area (Å²) in [4.78, 5) is 19.9. The van der Waals surface area contributed by atoms with Crippen molar-refractivity contribution in [1.82, 2.24) is 0 Å². The molecule has 2 rings (SSSR count). The zero-order chi connectivity index (χ0) is 16.8. The molecule has 7 nitrogen and oxygen atoms in total. The normalized spacial score (nSPS) is 10.9. The smallest absolute Gasteiger partial charge is 0.255 e. The summed E-state index contributed by atoms with van der Waals surface area (Å²) in [5.41, 5.74) is 18.7. The number of rotatable bonds is 3. The molecule has 7 heteroatoms. The van der Waals surface area contributed by atoms with Crippen molar-refractivity contribution in [2.75, 3.05) is 5.32 Å². The van der Waals surface area contributed by atoms with Gasteiger partial charge in [0.2, 0.25) is 5.96 Å². The number of benzene rings is 2. The minimum atomic E-state index is -0.243. The molecular weight excluding hydrogens is 292 g/mol. The molecule has 0 spiro atoms. The summed E-state index contributed by atoms with van der Waals surface area (Å²) in [5.74, 6) is -0.506. The third-order valence-electron chi connectivity index (χ3n) is 2.87. The highest BCUT2D eigenvalue weighted by Gasteiger charge is 2.07. The minimum absolute atomic E-state index is 0.0822. The summed E-state index contributed by atoms with van der Waals surface area (Å²) in [7, 11) is 0. The van der Waals surface area contributed by atoms with E-state index in [1.54, 1.807) is 24.3 Å². The van der Waals surface area contributed by atoms with Gasteiger partial charge in [-0.05, 0) is 42.8 Å². The average Bonchev–Trinajstić information content (AvgIpc) is 2.46. The number of guanidine groups is 2.